The van der Waals surface area contributed by atoms with E-state index in [1.165, 1.54) is 0 Å². The van der Waals surface area contributed by atoms with E-state index in [4.69, 9.17) is 11.6 Å². The number of H-pyrrole nitrogens is 1. The number of aromatic amines is 1. The Morgan fingerprint density at radius 1 is 1.14 bits per heavy atom. The Morgan fingerprint density at radius 3 is 2.68 bits per heavy atom. The Hall–Kier alpha value is -3.12. The van der Waals surface area contributed by atoms with Gasteiger partial charge < -0.3 is 10.3 Å². The number of hydrogen-bond donors (Lipinski definition) is 2. The maximum atomic E-state index is 12.8. The van der Waals surface area contributed by atoms with Crippen LogP contribution in [-0.2, 0) is 13.1 Å². The summed E-state index contributed by atoms with van der Waals surface area (Å²) in [6, 6.07) is 15.4. The molecule has 6 nitrogen and oxygen atoms in total. The molecule has 0 fully saturated rings. The number of benzene rings is 2. The van der Waals surface area contributed by atoms with Crippen molar-refractivity contribution < 1.29 is 4.79 Å². The zero-order chi connectivity index (χ0) is 19.7. The highest BCUT2D eigenvalue weighted by Crippen LogP contribution is 2.19. The third-order valence-corrected chi connectivity index (χ3v) is 5.11. The number of nitrogens with one attached hydrogen (secondary N) is 2. The molecule has 0 saturated heterocycles. The molecule has 1 amide bonds. The quantitative estimate of drug-likeness (QED) is 0.538. The summed E-state index contributed by atoms with van der Waals surface area (Å²) in [7, 11) is 0. The van der Waals surface area contributed by atoms with E-state index in [1.54, 1.807) is 0 Å². The van der Waals surface area contributed by atoms with E-state index >= 15 is 0 Å². The van der Waals surface area contributed by atoms with Crippen molar-refractivity contribution in [3.8, 4) is 0 Å². The minimum atomic E-state index is -0.166. The number of hydrogen-bond acceptors (Lipinski definition) is 3. The fourth-order valence-electron chi connectivity index (χ4n) is 3.31. The monoisotopic (exact) mass is 393 g/mol. The Bertz CT molecular complexity index is 1130. The lowest BCUT2D eigenvalue weighted by Crippen LogP contribution is -2.24. The summed E-state index contributed by atoms with van der Waals surface area (Å²) in [5, 5.41) is 8.15. The largest absolute Gasteiger partial charge is 0.345 e. The molecule has 4 aromatic rings. The molecule has 4 rings (SSSR count). The van der Waals surface area contributed by atoms with Crippen LogP contribution in [0, 0.1) is 13.8 Å². The van der Waals surface area contributed by atoms with Gasteiger partial charge in [-0.15, -0.1) is 0 Å². The van der Waals surface area contributed by atoms with Crippen molar-refractivity contribution in [3.05, 3.63) is 81.9 Å². The highest BCUT2D eigenvalue weighted by Gasteiger charge is 2.19. The predicted molar refractivity (Wildman–Crippen MR) is 110 cm³/mol. The van der Waals surface area contributed by atoms with Crippen molar-refractivity contribution in [2.45, 2.75) is 26.9 Å². The van der Waals surface area contributed by atoms with Gasteiger partial charge in [-0.05, 0) is 37.6 Å². The van der Waals surface area contributed by atoms with E-state index in [0.717, 1.165) is 22.3 Å². The molecule has 2 heterocycles. The molecule has 28 heavy (non-hydrogen) atoms. The second-order valence-electron chi connectivity index (χ2n) is 6.68. The Morgan fingerprint density at radius 2 is 1.89 bits per heavy atom. The number of fused-ring (bicyclic) bond motifs is 1. The lowest BCUT2D eigenvalue weighted by Gasteiger charge is -2.07. The van der Waals surface area contributed by atoms with Gasteiger partial charge in [0.25, 0.3) is 5.91 Å². The molecule has 2 N–H and O–H groups in total. The van der Waals surface area contributed by atoms with E-state index < -0.39 is 0 Å². The summed E-state index contributed by atoms with van der Waals surface area (Å²) in [4.78, 5) is 20.5. The van der Waals surface area contributed by atoms with Gasteiger partial charge in [0.05, 0.1) is 35.4 Å². The molecule has 0 spiro atoms. The van der Waals surface area contributed by atoms with Gasteiger partial charge in [0.2, 0.25) is 0 Å². The van der Waals surface area contributed by atoms with Crippen molar-refractivity contribution in [1.82, 2.24) is 25.1 Å². The molecule has 0 aliphatic heterocycles. The Kier molecular flexibility index (Phi) is 4.88. The third-order valence-electron chi connectivity index (χ3n) is 4.74. The molecule has 7 heteroatoms. The lowest BCUT2D eigenvalue weighted by molar-refractivity contribution is 0.0948. The molecule has 0 unspecified atom stereocenters. The van der Waals surface area contributed by atoms with E-state index in [1.807, 2.05) is 67.1 Å². The van der Waals surface area contributed by atoms with Gasteiger partial charge in [0, 0.05) is 10.7 Å². The first-order valence-electron chi connectivity index (χ1n) is 9.02. The maximum absolute atomic E-state index is 12.8. The van der Waals surface area contributed by atoms with Crippen LogP contribution in [0.15, 0.2) is 48.5 Å². The summed E-state index contributed by atoms with van der Waals surface area (Å²) >= 11 is 6.26. The van der Waals surface area contributed by atoms with Crippen LogP contribution in [-0.4, -0.2) is 25.7 Å². The summed E-state index contributed by atoms with van der Waals surface area (Å²) in [6.45, 7) is 4.57. The number of rotatable bonds is 5. The van der Waals surface area contributed by atoms with Gasteiger partial charge >= 0.3 is 0 Å². The number of imidazole rings is 1. The van der Waals surface area contributed by atoms with Crippen LogP contribution in [0.4, 0.5) is 0 Å². The average molecular weight is 394 g/mol. The minimum absolute atomic E-state index is 0.166. The van der Waals surface area contributed by atoms with Crippen molar-refractivity contribution in [3.63, 3.8) is 0 Å². The summed E-state index contributed by atoms with van der Waals surface area (Å²) < 4.78 is 1.81. The minimum Gasteiger partial charge on any atom is -0.345 e. The number of carbonyl (C=O) groups is 1. The van der Waals surface area contributed by atoms with Crippen LogP contribution >= 0.6 is 11.6 Å². The molecule has 0 bridgehead atoms. The van der Waals surface area contributed by atoms with Crippen LogP contribution in [0.5, 0.6) is 0 Å². The lowest BCUT2D eigenvalue weighted by atomic mass is 10.1. The van der Waals surface area contributed by atoms with Crippen LogP contribution in [0.25, 0.3) is 11.0 Å². The molecular formula is C21H20ClN5O. The van der Waals surface area contributed by atoms with E-state index in [0.29, 0.717) is 35.2 Å². The second kappa shape index (κ2) is 7.48. The Labute approximate surface area is 167 Å². The van der Waals surface area contributed by atoms with Crippen LogP contribution < -0.4 is 5.32 Å². The predicted octanol–water partition coefficient (Wildman–Crippen LogP) is 4.01. The summed E-state index contributed by atoms with van der Waals surface area (Å²) in [5.41, 5.74) is 4.87. The van der Waals surface area contributed by atoms with Crippen molar-refractivity contribution in [1.29, 1.82) is 0 Å². The van der Waals surface area contributed by atoms with Gasteiger partial charge in [-0.2, -0.15) is 5.10 Å². The number of aromatic nitrogens is 4. The summed E-state index contributed by atoms with van der Waals surface area (Å²) in [5.74, 6) is 0.550. The number of aryl methyl sites for hydroxylation is 1. The molecule has 0 atom stereocenters. The van der Waals surface area contributed by atoms with Crippen molar-refractivity contribution in [2.75, 3.05) is 0 Å². The van der Waals surface area contributed by atoms with Crippen molar-refractivity contribution >= 4 is 28.5 Å². The van der Waals surface area contributed by atoms with Crippen molar-refractivity contribution in [2.24, 2.45) is 0 Å². The third kappa shape index (κ3) is 3.51. The molecule has 2 aromatic carbocycles. The number of nitrogens with zero attached hydrogens (tertiary/aromatic N) is 3. The van der Waals surface area contributed by atoms with Crippen LogP contribution in [0.2, 0.25) is 5.02 Å². The average Bonchev–Trinajstić information content (AvgIpc) is 3.22. The van der Waals surface area contributed by atoms with Gasteiger partial charge in [-0.3, -0.25) is 9.48 Å². The fraction of sp³-hybridized carbons (Fsp3) is 0.190. The summed E-state index contributed by atoms with van der Waals surface area (Å²) in [6.07, 6.45) is 0. The van der Waals surface area contributed by atoms with Crippen LogP contribution in [0.1, 0.15) is 33.1 Å². The number of para-hydroxylation sites is 2. The molecule has 0 aliphatic rings. The van der Waals surface area contributed by atoms with Gasteiger partial charge in [-0.25, -0.2) is 4.98 Å². The van der Waals surface area contributed by atoms with E-state index in [-0.39, 0.29) is 5.91 Å². The molecule has 0 aliphatic carbocycles. The molecule has 0 saturated carbocycles. The number of amides is 1. The van der Waals surface area contributed by atoms with Crippen LogP contribution in [0.3, 0.4) is 0 Å². The zero-order valence-electron chi connectivity index (χ0n) is 15.7. The van der Waals surface area contributed by atoms with Gasteiger partial charge in [0.1, 0.15) is 5.82 Å². The topological polar surface area (TPSA) is 75.6 Å². The molecular weight excluding hydrogens is 374 g/mol. The highest BCUT2D eigenvalue weighted by atomic mass is 35.5. The fourth-order valence-corrected chi connectivity index (χ4v) is 3.50. The first kappa shape index (κ1) is 18.3. The number of carbonyl (C=O) groups excluding carboxylic acids is 1. The smallest absolute Gasteiger partial charge is 0.255 e. The zero-order valence-corrected chi connectivity index (χ0v) is 16.4. The highest BCUT2D eigenvalue weighted by molar-refractivity contribution is 6.31. The SMILES string of the molecule is Cc1nn(Cc2ccccc2Cl)c(C)c1C(=O)NCc1nc2ccccc2[nH]1. The second-order valence-corrected chi connectivity index (χ2v) is 7.09. The first-order chi connectivity index (χ1) is 13.5. The Balaban J connectivity index is 1.51. The number of halogens is 1. The van der Waals surface area contributed by atoms with Gasteiger partial charge in [0.15, 0.2) is 0 Å². The first-order valence-corrected chi connectivity index (χ1v) is 9.40. The van der Waals surface area contributed by atoms with E-state index in [9.17, 15) is 4.79 Å². The van der Waals surface area contributed by atoms with E-state index in [2.05, 4.69) is 20.4 Å². The molecule has 142 valence electrons. The van der Waals surface area contributed by atoms with Gasteiger partial charge in [-0.1, -0.05) is 41.9 Å². The molecule has 2 aromatic heterocycles. The standard InChI is InChI=1S/C21H20ClN5O/c1-13-20(14(2)27(26-13)12-15-7-3-4-8-16(15)22)21(28)23-11-19-24-17-9-5-6-10-18(17)25-19/h3-10H,11-12H2,1-2H3,(H,23,28)(H,24,25). The molecule has 0 radical (unpaired) electrons. The normalized spacial score (nSPS) is 11.1. The maximum Gasteiger partial charge on any atom is 0.255 e.